The fourth-order valence-electron chi connectivity index (χ4n) is 2.08. The maximum Gasteiger partial charge on any atom is 0.295 e. The molecule has 0 fully saturated rings. The van der Waals surface area contributed by atoms with Gasteiger partial charge in [-0.05, 0) is 24.7 Å². The predicted octanol–water partition coefficient (Wildman–Crippen LogP) is 1.80. The molecule has 1 aliphatic heterocycles. The van der Waals surface area contributed by atoms with Crippen molar-refractivity contribution in [1.29, 1.82) is 0 Å². The third kappa shape index (κ3) is 4.93. The van der Waals surface area contributed by atoms with E-state index in [1.165, 1.54) is 0 Å². The first-order valence-electron chi connectivity index (χ1n) is 6.56. The summed E-state index contributed by atoms with van der Waals surface area (Å²) in [5.41, 5.74) is 1.83. The minimum atomic E-state index is -0.180. The van der Waals surface area contributed by atoms with Crippen LogP contribution in [0.4, 0.5) is 0 Å². The molecular weight excluding hydrogens is 224 g/mol. The molecule has 0 aromatic carbocycles. The molecule has 0 saturated heterocycles. The Bertz CT molecular complexity index is 380. The lowest BCUT2D eigenvalue weighted by atomic mass is 9.83. The summed E-state index contributed by atoms with van der Waals surface area (Å²) in [6.07, 6.45) is 3.46. The number of rotatable bonds is 3. The molecule has 0 unspecified atom stereocenters. The Morgan fingerprint density at radius 2 is 2.22 bits per heavy atom. The molecular formula is C15H24N2O. The van der Waals surface area contributed by atoms with Gasteiger partial charge in [0.05, 0.1) is 0 Å². The van der Waals surface area contributed by atoms with E-state index in [-0.39, 0.29) is 11.3 Å². The van der Waals surface area contributed by atoms with E-state index in [0.717, 1.165) is 26.1 Å². The summed E-state index contributed by atoms with van der Waals surface area (Å²) in [4.78, 5) is 13.5. The van der Waals surface area contributed by atoms with Gasteiger partial charge in [0, 0.05) is 26.2 Å². The molecule has 0 aromatic heterocycles. The summed E-state index contributed by atoms with van der Waals surface area (Å²) in [6, 6.07) is 0. The lowest BCUT2D eigenvalue weighted by molar-refractivity contribution is -0.115. The first-order chi connectivity index (χ1) is 8.43. The Balaban J connectivity index is 2.29. The average molecular weight is 248 g/mol. The van der Waals surface area contributed by atoms with Crippen molar-refractivity contribution in [3.8, 4) is 11.8 Å². The van der Waals surface area contributed by atoms with E-state index in [4.69, 9.17) is 0 Å². The maximum absolute atomic E-state index is 11.2. The van der Waals surface area contributed by atoms with Crippen LogP contribution in [0.15, 0.2) is 11.6 Å². The van der Waals surface area contributed by atoms with Gasteiger partial charge in [-0.2, -0.15) is 0 Å². The van der Waals surface area contributed by atoms with Crippen molar-refractivity contribution >= 4 is 5.91 Å². The summed E-state index contributed by atoms with van der Waals surface area (Å²) < 4.78 is 0. The van der Waals surface area contributed by atoms with Gasteiger partial charge in [0.15, 0.2) is 0 Å². The van der Waals surface area contributed by atoms with Crippen LogP contribution in [0.3, 0.4) is 0 Å². The van der Waals surface area contributed by atoms with Crippen LogP contribution in [-0.4, -0.2) is 37.0 Å². The van der Waals surface area contributed by atoms with Crippen LogP contribution in [0.25, 0.3) is 0 Å². The van der Waals surface area contributed by atoms with Gasteiger partial charge in [-0.15, -0.1) is 0 Å². The average Bonchev–Trinajstić information content (AvgIpc) is 2.29. The summed E-state index contributed by atoms with van der Waals surface area (Å²) in [7, 11) is 0. The van der Waals surface area contributed by atoms with Crippen LogP contribution in [0.5, 0.6) is 0 Å². The lowest BCUT2D eigenvalue weighted by Crippen LogP contribution is -2.37. The van der Waals surface area contributed by atoms with E-state index in [2.05, 4.69) is 48.9 Å². The molecule has 1 aliphatic rings. The number of hydrogen-bond acceptors (Lipinski definition) is 2. The molecule has 3 heteroatoms. The fraction of sp³-hybridized carbons (Fsp3) is 0.667. The van der Waals surface area contributed by atoms with Gasteiger partial charge in [-0.25, -0.2) is 0 Å². The Hall–Kier alpha value is -1.27. The maximum atomic E-state index is 11.2. The van der Waals surface area contributed by atoms with E-state index in [1.807, 2.05) is 0 Å². The molecule has 18 heavy (non-hydrogen) atoms. The van der Waals surface area contributed by atoms with Crippen molar-refractivity contribution < 1.29 is 4.79 Å². The normalized spacial score (nSPS) is 16.6. The van der Waals surface area contributed by atoms with E-state index in [9.17, 15) is 4.79 Å². The number of amides is 1. The molecule has 100 valence electrons. The smallest absolute Gasteiger partial charge is 0.295 e. The third-order valence-corrected chi connectivity index (χ3v) is 3.21. The minimum absolute atomic E-state index is 0.180. The molecule has 1 N–H and O–H groups in total. The first kappa shape index (κ1) is 14.8. The van der Waals surface area contributed by atoms with Crippen molar-refractivity contribution in [1.82, 2.24) is 10.2 Å². The molecule has 0 aliphatic carbocycles. The number of carbonyl (C=O) groups excluding carboxylic acids is 1. The largest absolute Gasteiger partial charge is 0.344 e. The molecule has 0 atom stereocenters. The molecule has 1 amide bonds. The molecule has 1 rings (SSSR count). The molecule has 0 aromatic rings. The van der Waals surface area contributed by atoms with Gasteiger partial charge in [-0.1, -0.05) is 38.3 Å². The van der Waals surface area contributed by atoms with Crippen LogP contribution in [-0.2, 0) is 4.79 Å². The number of nitrogens with zero attached hydrogens (tertiary/aromatic N) is 1. The highest BCUT2D eigenvalue weighted by Gasteiger charge is 2.20. The second kappa shape index (κ2) is 6.61. The van der Waals surface area contributed by atoms with Crippen LogP contribution >= 0.6 is 0 Å². The Kier molecular flexibility index (Phi) is 5.43. The zero-order chi connectivity index (χ0) is 13.6. The highest BCUT2D eigenvalue weighted by Crippen LogP contribution is 2.29. The zero-order valence-corrected chi connectivity index (χ0v) is 12.0. The van der Waals surface area contributed by atoms with Crippen LogP contribution in [0, 0.1) is 17.3 Å². The van der Waals surface area contributed by atoms with Crippen molar-refractivity contribution in [3.63, 3.8) is 0 Å². The summed E-state index contributed by atoms with van der Waals surface area (Å²) >= 11 is 0. The predicted molar refractivity (Wildman–Crippen MR) is 75.1 cm³/mol. The minimum Gasteiger partial charge on any atom is -0.344 e. The highest BCUT2D eigenvalue weighted by atomic mass is 16.1. The number of carbonyl (C=O) groups is 1. The molecule has 0 radical (unpaired) electrons. The number of hydrogen-bond donors (Lipinski definition) is 1. The van der Waals surface area contributed by atoms with E-state index in [1.54, 1.807) is 12.5 Å². The zero-order valence-electron chi connectivity index (χ0n) is 12.0. The van der Waals surface area contributed by atoms with Crippen molar-refractivity contribution in [3.05, 3.63) is 11.6 Å². The van der Waals surface area contributed by atoms with Crippen LogP contribution in [0.2, 0.25) is 0 Å². The SMILES string of the molecule is CC#CC(=O)NCCN1CC=C(C(C)(C)C)CC1. The van der Waals surface area contributed by atoms with Gasteiger partial charge in [0.25, 0.3) is 5.91 Å². The molecule has 0 spiro atoms. The molecule has 3 nitrogen and oxygen atoms in total. The molecule has 0 bridgehead atoms. The Labute approximate surface area is 111 Å². The molecule has 1 heterocycles. The topological polar surface area (TPSA) is 32.3 Å². The molecule has 0 saturated carbocycles. The van der Waals surface area contributed by atoms with Crippen LogP contribution < -0.4 is 5.32 Å². The van der Waals surface area contributed by atoms with Gasteiger partial charge < -0.3 is 5.32 Å². The van der Waals surface area contributed by atoms with Gasteiger partial charge in [0.2, 0.25) is 0 Å². The summed E-state index contributed by atoms with van der Waals surface area (Å²) in [5, 5.41) is 2.80. The highest BCUT2D eigenvalue weighted by molar-refractivity contribution is 5.93. The standard InChI is InChI=1S/C15H24N2O/c1-5-6-14(18)16-9-12-17-10-7-13(8-11-17)15(2,3)4/h7H,8-12H2,1-4H3,(H,16,18). The fourth-order valence-corrected chi connectivity index (χ4v) is 2.08. The van der Waals surface area contributed by atoms with E-state index >= 15 is 0 Å². The monoisotopic (exact) mass is 248 g/mol. The Morgan fingerprint density at radius 1 is 1.50 bits per heavy atom. The third-order valence-electron chi connectivity index (χ3n) is 3.21. The summed E-state index contributed by atoms with van der Waals surface area (Å²) in [5.74, 6) is 4.89. The van der Waals surface area contributed by atoms with Crippen molar-refractivity contribution in [2.75, 3.05) is 26.2 Å². The van der Waals surface area contributed by atoms with Gasteiger partial charge >= 0.3 is 0 Å². The van der Waals surface area contributed by atoms with Crippen LogP contribution in [0.1, 0.15) is 34.1 Å². The lowest BCUT2D eigenvalue weighted by Gasteiger charge is -2.32. The van der Waals surface area contributed by atoms with Crippen molar-refractivity contribution in [2.45, 2.75) is 34.1 Å². The quantitative estimate of drug-likeness (QED) is 0.610. The van der Waals surface area contributed by atoms with E-state index in [0.29, 0.717) is 6.54 Å². The summed E-state index contributed by atoms with van der Waals surface area (Å²) in [6.45, 7) is 12.1. The van der Waals surface area contributed by atoms with Crippen molar-refractivity contribution in [2.24, 2.45) is 5.41 Å². The van der Waals surface area contributed by atoms with E-state index < -0.39 is 0 Å². The van der Waals surface area contributed by atoms with Gasteiger partial charge in [0.1, 0.15) is 0 Å². The second-order valence-electron chi connectivity index (χ2n) is 5.66. The first-order valence-corrected chi connectivity index (χ1v) is 6.56. The Morgan fingerprint density at radius 3 is 2.72 bits per heavy atom. The second-order valence-corrected chi connectivity index (χ2v) is 5.66. The number of nitrogens with one attached hydrogen (secondary N) is 1. The van der Waals surface area contributed by atoms with Gasteiger partial charge in [-0.3, -0.25) is 9.69 Å².